The lowest BCUT2D eigenvalue weighted by Gasteiger charge is -2.23. The highest BCUT2D eigenvalue weighted by molar-refractivity contribution is 5.96. The Bertz CT molecular complexity index is 416. The third-order valence-corrected chi connectivity index (χ3v) is 3.61. The van der Waals surface area contributed by atoms with Gasteiger partial charge in [0, 0.05) is 18.8 Å². The van der Waals surface area contributed by atoms with Gasteiger partial charge in [-0.1, -0.05) is 37.9 Å². The van der Waals surface area contributed by atoms with Crippen LogP contribution >= 0.6 is 0 Å². The molecule has 1 atom stereocenters. The van der Waals surface area contributed by atoms with E-state index in [9.17, 15) is 0 Å². The summed E-state index contributed by atoms with van der Waals surface area (Å²) in [6, 6.07) is 4.22. The molecule has 0 bridgehead atoms. The summed E-state index contributed by atoms with van der Waals surface area (Å²) >= 11 is 0. The molecule has 1 aromatic heterocycles. The predicted molar refractivity (Wildman–Crippen MR) is 77.1 cm³/mol. The monoisotopic (exact) mass is 264 g/mol. The van der Waals surface area contributed by atoms with E-state index in [1.165, 1.54) is 0 Å². The number of hydrogen-bond acceptors (Lipinski definition) is 4. The van der Waals surface area contributed by atoms with Crippen LogP contribution in [0.4, 0.5) is 0 Å². The zero-order valence-corrected chi connectivity index (χ0v) is 11.9. The standard InChI is InChI=1S/C14H24N4O/c1-4-11(5-2)10(3)17-9-12-7-6-8-16-13(12)14(15)18-19/h6-8,10-11,17,19H,4-5,9H2,1-3H3,(H2,15,18). The van der Waals surface area contributed by atoms with Gasteiger partial charge in [0.1, 0.15) is 5.69 Å². The van der Waals surface area contributed by atoms with Gasteiger partial charge < -0.3 is 16.3 Å². The van der Waals surface area contributed by atoms with Crippen molar-refractivity contribution in [3.63, 3.8) is 0 Å². The van der Waals surface area contributed by atoms with Gasteiger partial charge in [0.15, 0.2) is 5.84 Å². The second-order valence-electron chi connectivity index (χ2n) is 4.74. The number of pyridine rings is 1. The topological polar surface area (TPSA) is 83.5 Å². The maximum absolute atomic E-state index is 8.76. The average molecular weight is 264 g/mol. The fourth-order valence-electron chi connectivity index (χ4n) is 2.29. The quantitative estimate of drug-likeness (QED) is 0.305. The maximum atomic E-state index is 8.76. The number of nitrogens with one attached hydrogen (secondary N) is 1. The zero-order valence-electron chi connectivity index (χ0n) is 11.9. The molecular formula is C14H24N4O. The third-order valence-electron chi connectivity index (χ3n) is 3.61. The van der Waals surface area contributed by atoms with Crippen LogP contribution in [0.2, 0.25) is 0 Å². The number of nitrogens with zero attached hydrogens (tertiary/aromatic N) is 2. The minimum Gasteiger partial charge on any atom is -0.409 e. The van der Waals surface area contributed by atoms with E-state index in [0.717, 1.165) is 18.4 Å². The van der Waals surface area contributed by atoms with Crippen molar-refractivity contribution >= 4 is 5.84 Å². The van der Waals surface area contributed by atoms with Crippen molar-refractivity contribution in [2.45, 2.75) is 46.2 Å². The summed E-state index contributed by atoms with van der Waals surface area (Å²) in [7, 11) is 0. The van der Waals surface area contributed by atoms with Crippen LogP contribution in [0.15, 0.2) is 23.5 Å². The minimum absolute atomic E-state index is 0.0487. The molecule has 0 saturated carbocycles. The lowest BCUT2D eigenvalue weighted by Crippen LogP contribution is -2.33. The van der Waals surface area contributed by atoms with Gasteiger partial charge in [0.05, 0.1) is 0 Å². The number of hydrogen-bond donors (Lipinski definition) is 3. The molecule has 0 fully saturated rings. The van der Waals surface area contributed by atoms with Crippen molar-refractivity contribution in [1.29, 1.82) is 0 Å². The first-order chi connectivity index (χ1) is 9.13. The van der Waals surface area contributed by atoms with Crippen LogP contribution in [0.5, 0.6) is 0 Å². The largest absolute Gasteiger partial charge is 0.409 e. The van der Waals surface area contributed by atoms with Crippen molar-refractivity contribution in [3.05, 3.63) is 29.6 Å². The molecule has 1 aromatic rings. The van der Waals surface area contributed by atoms with Crippen LogP contribution in [-0.4, -0.2) is 22.1 Å². The minimum atomic E-state index is 0.0487. The summed E-state index contributed by atoms with van der Waals surface area (Å²) in [6.07, 6.45) is 3.96. The Morgan fingerprint density at radius 2 is 2.16 bits per heavy atom. The maximum Gasteiger partial charge on any atom is 0.189 e. The summed E-state index contributed by atoms with van der Waals surface area (Å²) in [5.41, 5.74) is 7.10. The molecule has 0 aliphatic rings. The van der Waals surface area contributed by atoms with E-state index in [1.807, 2.05) is 12.1 Å². The highest BCUT2D eigenvalue weighted by Crippen LogP contribution is 2.14. The molecule has 0 aliphatic heterocycles. The third kappa shape index (κ3) is 4.21. The van der Waals surface area contributed by atoms with Crippen LogP contribution in [-0.2, 0) is 6.54 Å². The summed E-state index contributed by atoms with van der Waals surface area (Å²) in [5.74, 6) is 0.705. The molecule has 0 aromatic carbocycles. The fourth-order valence-corrected chi connectivity index (χ4v) is 2.29. The summed E-state index contributed by atoms with van der Waals surface area (Å²) in [5, 5.41) is 15.3. The van der Waals surface area contributed by atoms with Crippen molar-refractivity contribution in [2.75, 3.05) is 0 Å². The van der Waals surface area contributed by atoms with Crippen molar-refractivity contribution < 1.29 is 5.21 Å². The molecule has 106 valence electrons. The predicted octanol–water partition coefficient (Wildman–Crippen LogP) is 2.09. The Hall–Kier alpha value is -1.62. The highest BCUT2D eigenvalue weighted by atomic mass is 16.4. The number of amidine groups is 1. The molecule has 1 unspecified atom stereocenters. The Kier molecular flexibility index (Phi) is 6.29. The highest BCUT2D eigenvalue weighted by Gasteiger charge is 2.14. The van der Waals surface area contributed by atoms with Gasteiger partial charge in [-0.25, -0.2) is 0 Å². The second-order valence-corrected chi connectivity index (χ2v) is 4.74. The summed E-state index contributed by atoms with van der Waals surface area (Å²) < 4.78 is 0. The first kappa shape index (κ1) is 15.4. The fraction of sp³-hybridized carbons (Fsp3) is 0.571. The molecule has 5 heteroatoms. The van der Waals surface area contributed by atoms with Crippen molar-refractivity contribution in [2.24, 2.45) is 16.8 Å². The molecule has 1 heterocycles. The van der Waals surface area contributed by atoms with Crippen LogP contribution in [0, 0.1) is 5.92 Å². The Labute approximate surface area is 114 Å². The normalized spacial score (nSPS) is 13.8. The van der Waals surface area contributed by atoms with Crippen LogP contribution in [0.3, 0.4) is 0 Å². The van der Waals surface area contributed by atoms with Gasteiger partial charge >= 0.3 is 0 Å². The number of oxime groups is 1. The van der Waals surface area contributed by atoms with Gasteiger partial charge in [-0.15, -0.1) is 0 Å². The van der Waals surface area contributed by atoms with E-state index in [0.29, 0.717) is 24.2 Å². The van der Waals surface area contributed by atoms with E-state index in [4.69, 9.17) is 10.9 Å². The lowest BCUT2D eigenvalue weighted by molar-refractivity contribution is 0.318. The van der Waals surface area contributed by atoms with Gasteiger partial charge in [0.2, 0.25) is 0 Å². The number of aromatic nitrogens is 1. The van der Waals surface area contributed by atoms with Gasteiger partial charge in [0.25, 0.3) is 0 Å². The lowest BCUT2D eigenvalue weighted by atomic mass is 9.95. The SMILES string of the molecule is CCC(CC)C(C)NCc1cccnc1C(N)=NO. The van der Waals surface area contributed by atoms with Gasteiger partial charge in [-0.3, -0.25) is 4.98 Å². The summed E-state index contributed by atoms with van der Waals surface area (Å²) in [4.78, 5) is 4.16. The smallest absolute Gasteiger partial charge is 0.189 e. The van der Waals surface area contributed by atoms with Gasteiger partial charge in [-0.05, 0) is 24.5 Å². The Morgan fingerprint density at radius 1 is 1.47 bits per heavy atom. The molecule has 19 heavy (non-hydrogen) atoms. The van der Waals surface area contributed by atoms with E-state index in [2.05, 4.69) is 36.2 Å². The molecule has 4 N–H and O–H groups in total. The zero-order chi connectivity index (χ0) is 14.3. The van der Waals surface area contributed by atoms with E-state index in [-0.39, 0.29) is 5.84 Å². The van der Waals surface area contributed by atoms with Crippen molar-refractivity contribution in [1.82, 2.24) is 10.3 Å². The molecule has 5 nitrogen and oxygen atoms in total. The van der Waals surface area contributed by atoms with Crippen molar-refractivity contribution in [3.8, 4) is 0 Å². The number of nitrogens with two attached hydrogens (primary N) is 1. The molecule has 0 radical (unpaired) electrons. The van der Waals surface area contributed by atoms with E-state index in [1.54, 1.807) is 6.20 Å². The second kappa shape index (κ2) is 7.74. The Morgan fingerprint density at radius 3 is 2.74 bits per heavy atom. The number of rotatable bonds is 7. The molecular weight excluding hydrogens is 240 g/mol. The van der Waals surface area contributed by atoms with Gasteiger partial charge in [-0.2, -0.15) is 0 Å². The van der Waals surface area contributed by atoms with E-state index >= 15 is 0 Å². The van der Waals surface area contributed by atoms with E-state index < -0.39 is 0 Å². The molecule has 0 aliphatic carbocycles. The average Bonchev–Trinajstić information content (AvgIpc) is 2.45. The Balaban J connectivity index is 2.73. The van der Waals surface area contributed by atoms with Crippen LogP contribution in [0.25, 0.3) is 0 Å². The van der Waals surface area contributed by atoms with Crippen LogP contribution in [0.1, 0.15) is 44.9 Å². The molecule has 0 spiro atoms. The first-order valence-electron chi connectivity index (χ1n) is 6.79. The first-order valence-corrected chi connectivity index (χ1v) is 6.79. The molecule has 1 rings (SSSR count). The van der Waals surface area contributed by atoms with Crippen LogP contribution < -0.4 is 11.1 Å². The molecule has 0 amide bonds. The molecule has 0 saturated heterocycles. The summed E-state index contributed by atoms with van der Waals surface area (Å²) in [6.45, 7) is 7.27.